The van der Waals surface area contributed by atoms with Gasteiger partial charge in [0.25, 0.3) is 5.91 Å². The molecule has 0 aliphatic carbocycles. The van der Waals surface area contributed by atoms with E-state index in [0.717, 1.165) is 31.7 Å². The van der Waals surface area contributed by atoms with Crippen molar-refractivity contribution in [2.24, 2.45) is 0 Å². The molecule has 1 atom stereocenters. The average molecular weight is 364 g/mol. The Balaban J connectivity index is 1.62. The number of nitrogens with one attached hydrogen (secondary N) is 1. The van der Waals surface area contributed by atoms with E-state index in [1.165, 1.54) is 30.7 Å². The maximum atomic E-state index is 12.4. The van der Waals surface area contributed by atoms with Crippen molar-refractivity contribution >= 4 is 5.91 Å². The highest BCUT2D eigenvalue weighted by Crippen LogP contribution is 2.24. The van der Waals surface area contributed by atoms with Gasteiger partial charge in [-0.2, -0.15) is 8.78 Å². The molecular formula is C19H22F2N2O3. The molecule has 2 heterocycles. The second-order valence-corrected chi connectivity index (χ2v) is 6.24. The minimum Gasteiger partial charge on any atom is -0.468 e. The second-order valence-electron chi connectivity index (χ2n) is 6.24. The predicted octanol–water partition coefficient (Wildman–Crippen LogP) is 3.84. The first-order valence-electron chi connectivity index (χ1n) is 8.74. The molecule has 140 valence electrons. The van der Waals surface area contributed by atoms with Crippen LogP contribution in [0.2, 0.25) is 0 Å². The Hall–Kier alpha value is -2.41. The Morgan fingerprint density at radius 1 is 1.15 bits per heavy atom. The van der Waals surface area contributed by atoms with Crippen LogP contribution in [0.3, 0.4) is 0 Å². The minimum absolute atomic E-state index is 0.0179. The molecule has 1 unspecified atom stereocenters. The van der Waals surface area contributed by atoms with Crippen LogP contribution < -0.4 is 10.1 Å². The highest BCUT2D eigenvalue weighted by atomic mass is 19.3. The third kappa shape index (κ3) is 4.82. The van der Waals surface area contributed by atoms with E-state index in [4.69, 9.17) is 4.42 Å². The number of carbonyl (C=O) groups is 1. The molecule has 0 spiro atoms. The summed E-state index contributed by atoms with van der Waals surface area (Å²) in [5, 5.41) is 2.92. The fourth-order valence-corrected chi connectivity index (χ4v) is 3.20. The number of hydrogen-bond acceptors (Lipinski definition) is 4. The quantitative estimate of drug-likeness (QED) is 0.811. The fourth-order valence-electron chi connectivity index (χ4n) is 3.20. The smallest absolute Gasteiger partial charge is 0.387 e. The Morgan fingerprint density at radius 2 is 1.88 bits per heavy atom. The van der Waals surface area contributed by atoms with Gasteiger partial charge in [-0.1, -0.05) is 6.42 Å². The highest BCUT2D eigenvalue weighted by molar-refractivity contribution is 5.94. The molecule has 1 fully saturated rings. The van der Waals surface area contributed by atoms with Gasteiger partial charge in [0.1, 0.15) is 11.5 Å². The van der Waals surface area contributed by atoms with Gasteiger partial charge in [-0.3, -0.25) is 9.69 Å². The lowest BCUT2D eigenvalue weighted by molar-refractivity contribution is -0.0498. The van der Waals surface area contributed by atoms with Crippen LogP contribution in [0.25, 0.3) is 0 Å². The summed E-state index contributed by atoms with van der Waals surface area (Å²) < 4.78 is 34.2. The average Bonchev–Trinajstić information content (AvgIpc) is 3.17. The number of amides is 1. The monoisotopic (exact) mass is 364 g/mol. The zero-order chi connectivity index (χ0) is 18.4. The number of furan rings is 1. The molecule has 1 aliphatic heterocycles. The zero-order valence-electron chi connectivity index (χ0n) is 14.4. The number of benzene rings is 1. The molecule has 1 aromatic carbocycles. The number of carbonyl (C=O) groups excluding carboxylic acids is 1. The summed E-state index contributed by atoms with van der Waals surface area (Å²) >= 11 is 0. The lowest BCUT2D eigenvalue weighted by Gasteiger charge is -2.33. The SMILES string of the molecule is O=C(NCC(c1ccco1)N1CCCCC1)c1ccc(OC(F)F)cc1. The normalized spacial score (nSPS) is 16.4. The van der Waals surface area contributed by atoms with Crippen LogP contribution in [0, 0.1) is 0 Å². The van der Waals surface area contributed by atoms with Gasteiger partial charge in [0, 0.05) is 12.1 Å². The maximum Gasteiger partial charge on any atom is 0.387 e. The van der Waals surface area contributed by atoms with Crippen LogP contribution in [-0.2, 0) is 0 Å². The van der Waals surface area contributed by atoms with Gasteiger partial charge >= 0.3 is 6.61 Å². The van der Waals surface area contributed by atoms with E-state index in [9.17, 15) is 13.6 Å². The van der Waals surface area contributed by atoms with Crippen molar-refractivity contribution in [1.82, 2.24) is 10.2 Å². The molecular weight excluding hydrogens is 342 g/mol. The molecule has 3 rings (SSSR count). The van der Waals surface area contributed by atoms with Gasteiger partial charge in [-0.25, -0.2) is 0 Å². The molecule has 0 radical (unpaired) electrons. The molecule has 1 N–H and O–H groups in total. The Bertz CT molecular complexity index is 683. The van der Waals surface area contributed by atoms with E-state index in [-0.39, 0.29) is 17.7 Å². The summed E-state index contributed by atoms with van der Waals surface area (Å²) in [7, 11) is 0. The molecule has 0 bridgehead atoms. The van der Waals surface area contributed by atoms with E-state index in [2.05, 4.69) is 15.0 Å². The molecule has 1 aromatic heterocycles. The lowest BCUT2D eigenvalue weighted by atomic mass is 10.1. The Labute approximate surface area is 150 Å². The van der Waals surface area contributed by atoms with Crippen LogP contribution in [0.1, 0.15) is 41.4 Å². The van der Waals surface area contributed by atoms with Crippen molar-refractivity contribution in [3.63, 3.8) is 0 Å². The number of alkyl halides is 2. The summed E-state index contributed by atoms with van der Waals surface area (Å²) in [6.07, 6.45) is 5.13. The van der Waals surface area contributed by atoms with Gasteiger partial charge in [-0.15, -0.1) is 0 Å². The highest BCUT2D eigenvalue weighted by Gasteiger charge is 2.25. The number of likely N-dealkylation sites (tertiary alicyclic amines) is 1. The van der Waals surface area contributed by atoms with Crippen molar-refractivity contribution < 1.29 is 22.7 Å². The summed E-state index contributed by atoms with van der Waals surface area (Å²) in [4.78, 5) is 14.7. The van der Waals surface area contributed by atoms with Crippen LogP contribution in [0.4, 0.5) is 8.78 Å². The maximum absolute atomic E-state index is 12.4. The molecule has 7 heteroatoms. The Morgan fingerprint density at radius 3 is 2.50 bits per heavy atom. The third-order valence-corrected chi connectivity index (χ3v) is 4.50. The van der Waals surface area contributed by atoms with Crippen molar-refractivity contribution in [1.29, 1.82) is 0 Å². The summed E-state index contributed by atoms with van der Waals surface area (Å²) in [5.74, 6) is 0.591. The van der Waals surface area contributed by atoms with Gasteiger partial charge < -0.3 is 14.5 Å². The molecule has 1 aliphatic rings. The summed E-state index contributed by atoms with van der Waals surface area (Å²) in [5.41, 5.74) is 0.392. The number of rotatable bonds is 7. The molecule has 2 aromatic rings. The van der Waals surface area contributed by atoms with Crippen molar-refractivity contribution in [2.75, 3.05) is 19.6 Å². The van der Waals surface area contributed by atoms with Crippen LogP contribution in [-0.4, -0.2) is 37.1 Å². The number of halogens is 2. The second kappa shape index (κ2) is 8.80. The Kier molecular flexibility index (Phi) is 6.22. The first-order valence-corrected chi connectivity index (χ1v) is 8.74. The van der Waals surface area contributed by atoms with Crippen LogP contribution >= 0.6 is 0 Å². The molecule has 1 saturated heterocycles. The zero-order valence-corrected chi connectivity index (χ0v) is 14.4. The fraction of sp³-hybridized carbons (Fsp3) is 0.421. The van der Waals surface area contributed by atoms with Crippen molar-refractivity contribution in [3.8, 4) is 5.75 Å². The number of piperidine rings is 1. The first-order chi connectivity index (χ1) is 12.6. The molecule has 26 heavy (non-hydrogen) atoms. The summed E-state index contributed by atoms with van der Waals surface area (Å²) in [6, 6.07) is 9.39. The number of hydrogen-bond donors (Lipinski definition) is 1. The predicted molar refractivity (Wildman–Crippen MR) is 92.3 cm³/mol. The first kappa shape index (κ1) is 18.4. The van der Waals surface area contributed by atoms with E-state index >= 15 is 0 Å². The topological polar surface area (TPSA) is 54.7 Å². The molecule has 1 amide bonds. The summed E-state index contributed by atoms with van der Waals surface area (Å²) in [6.45, 7) is -0.517. The van der Waals surface area contributed by atoms with Crippen LogP contribution in [0.15, 0.2) is 47.1 Å². The van der Waals surface area contributed by atoms with Crippen molar-refractivity contribution in [3.05, 3.63) is 54.0 Å². The van der Waals surface area contributed by atoms with E-state index < -0.39 is 6.61 Å². The molecule has 0 saturated carbocycles. The van der Waals surface area contributed by atoms with Gasteiger partial charge in [0.2, 0.25) is 0 Å². The third-order valence-electron chi connectivity index (χ3n) is 4.50. The molecule has 5 nitrogen and oxygen atoms in total. The van der Waals surface area contributed by atoms with E-state index in [1.807, 2.05) is 12.1 Å². The minimum atomic E-state index is -2.88. The van der Waals surface area contributed by atoms with Gasteiger partial charge in [-0.05, 0) is 62.3 Å². The van der Waals surface area contributed by atoms with Gasteiger partial charge in [0.15, 0.2) is 0 Å². The van der Waals surface area contributed by atoms with E-state index in [0.29, 0.717) is 12.1 Å². The largest absolute Gasteiger partial charge is 0.468 e. The van der Waals surface area contributed by atoms with Crippen molar-refractivity contribution in [2.45, 2.75) is 31.9 Å². The van der Waals surface area contributed by atoms with Crippen LogP contribution in [0.5, 0.6) is 5.75 Å². The van der Waals surface area contributed by atoms with E-state index in [1.54, 1.807) is 6.26 Å². The lowest BCUT2D eigenvalue weighted by Crippen LogP contribution is -2.40. The van der Waals surface area contributed by atoms with Gasteiger partial charge in [0.05, 0.1) is 12.3 Å². The number of nitrogens with zero attached hydrogens (tertiary/aromatic N) is 1. The number of ether oxygens (including phenoxy) is 1. The standard InChI is InChI=1S/C19H22F2N2O3/c20-19(21)26-15-8-6-14(7-9-15)18(24)22-13-16(17-5-4-12-25-17)23-10-2-1-3-11-23/h4-9,12,16,19H,1-3,10-11,13H2,(H,22,24).